The van der Waals surface area contributed by atoms with Crippen molar-refractivity contribution in [3.8, 4) is 5.75 Å². The van der Waals surface area contributed by atoms with Crippen LogP contribution in [0.5, 0.6) is 5.75 Å². The molecule has 0 atom stereocenters. The van der Waals surface area contributed by atoms with E-state index in [1.54, 1.807) is 18.2 Å². The van der Waals surface area contributed by atoms with Crippen LogP contribution in [0.3, 0.4) is 0 Å². The van der Waals surface area contributed by atoms with E-state index in [0.717, 1.165) is 0 Å². The third-order valence-corrected chi connectivity index (χ3v) is 3.51. The van der Waals surface area contributed by atoms with Crippen molar-refractivity contribution in [3.63, 3.8) is 0 Å². The van der Waals surface area contributed by atoms with Crippen LogP contribution in [0.1, 0.15) is 42.2 Å². The summed E-state index contributed by atoms with van der Waals surface area (Å²) in [5.74, 6) is -0.903. The molecule has 1 aliphatic carbocycles. The molecule has 1 aliphatic rings. The zero-order valence-corrected chi connectivity index (χ0v) is 11.2. The number of carbonyl (C=O) groups is 3. The van der Waals surface area contributed by atoms with Gasteiger partial charge >= 0.3 is 0 Å². The maximum Gasteiger partial charge on any atom is 0.248 e. The lowest BCUT2D eigenvalue weighted by atomic mass is 9.83. The first-order valence-corrected chi connectivity index (χ1v) is 6.25. The van der Waals surface area contributed by atoms with Crippen LogP contribution >= 0.6 is 0 Å². The number of hydrogen-bond acceptors (Lipinski definition) is 4. The second kappa shape index (κ2) is 4.56. The van der Waals surface area contributed by atoms with E-state index in [0.29, 0.717) is 5.75 Å². The average Bonchev–Trinajstić information content (AvgIpc) is 2.51. The molecule has 2 N–H and O–H groups in total. The van der Waals surface area contributed by atoms with Crippen LogP contribution in [0.25, 0.3) is 0 Å². The number of hydrogen-bond donors (Lipinski definition) is 1. The Morgan fingerprint density at radius 3 is 2.43 bits per heavy atom. The number of ether oxygens (including phenoxy) is 1. The Morgan fingerprint density at radius 2 is 1.76 bits per heavy atom. The molecule has 1 amide bonds. The first-order chi connectivity index (χ1) is 10.0. The van der Waals surface area contributed by atoms with E-state index in [4.69, 9.17) is 10.5 Å². The smallest absolute Gasteiger partial charge is 0.248 e. The van der Waals surface area contributed by atoms with Crippen LogP contribution in [-0.2, 0) is 0 Å². The molecule has 3 rings (SSSR count). The number of benzene rings is 2. The summed E-state index contributed by atoms with van der Waals surface area (Å²) in [6, 6.07) is 9.09. The van der Waals surface area contributed by atoms with Gasteiger partial charge in [0, 0.05) is 22.3 Å². The molecule has 0 saturated carbocycles. The van der Waals surface area contributed by atoms with Gasteiger partial charge in [-0.2, -0.15) is 0 Å². The van der Waals surface area contributed by atoms with Crippen LogP contribution in [0, 0.1) is 0 Å². The monoisotopic (exact) mass is 281 g/mol. The molecule has 0 saturated heterocycles. The summed E-state index contributed by atoms with van der Waals surface area (Å²) in [5, 5.41) is 0. The van der Waals surface area contributed by atoms with E-state index >= 15 is 0 Å². The second-order valence-electron chi connectivity index (χ2n) is 4.67. The molecule has 0 aromatic heterocycles. The van der Waals surface area contributed by atoms with Gasteiger partial charge < -0.3 is 10.5 Å². The Bertz CT molecular complexity index is 808. The van der Waals surface area contributed by atoms with Crippen LogP contribution in [-0.4, -0.2) is 24.6 Å². The first kappa shape index (κ1) is 13.1. The Balaban J connectivity index is 2.27. The van der Waals surface area contributed by atoms with Crippen molar-refractivity contribution in [1.29, 1.82) is 0 Å². The molecule has 0 spiro atoms. The maximum atomic E-state index is 12.6. The van der Waals surface area contributed by atoms with Gasteiger partial charge in [-0.25, -0.2) is 0 Å². The lowest BCUT2D eigenvalue weighted by Gasteiger charge is -2.19. The minimum atomic E-state index is -0.644. The zero-order valence-electron chi connectivity index (χ0n) is 11.2. The molecule has 104 valence electrons. The number of carbonyl (C=O) groups excluding carboxylic acids is 3. The largest absolute Gasteiger partial charge is 0.496 e. The quantitative estimate of drug-likeness (QED) is 0.772. The molecule has 21 heavy (non-hydrogen) atoms. The van der Waals surface area contributed by atoms with Crippen LogP contribution in [0.4, 0.5) is 0 Å². The zero-order chi connectivity index (χ0) is 15.1. The number of rotatable bonds is 2. The van der Waals surface area contributed by atoms with E-state index in [2.05, 4.69) is 0 Å². The minimum absolute atomic E-state index is 0.192. The van der Waals surface area contributed by atoms with Crippen molar-refractivity contribution in [2.24, 2.45) is 5.73 Å². The fourth-order valence-electron chi connectivity index (χ4n) is 2.49. The number of nitrogens with two attached hydrogens (primary N) is 1. The Hall–Kier alpha value is -2.95. The van der Waals surface area contributed by atoms with E-state index in [-0.39, 0.29) is 39.4 Å². The maximum absolute atomic E-state index is 12.6. The summed E-state index contributed by atoms with van der Waals surface area (Å²) < 4.78 is 5.16. The highest BCUT2D eigenvalue weighted by Gasteiger charge is 2.32. The molecule has 0 bridgehead atoms. The van der Waals surface area contributed by atoms with E-state index in [1.165, 1.54) is 25.3 Å². The number of amides is 1. The highest BCUT2D eigenvalue weighted by Crippen LogP contribution is 2.33. The van der Waals surface area contributed by atoms with Crippen LogP contribution in [0.2, 0.25) is 0 Å². The predicted molar refractivity (Wildman–Crippen MR) is 74.8 cm³/mol. The van der Waals surface area contributed by atoms with Crippen molar-refractivity contribution < 1.29 is 19.1 Å². The van der Waals surface area contributed by atoms with Crippen LogP contribution in [0.15, 0.2) is 36.4 Å². The van der Waals surface area contributed by atoms with Gasteiger partial charge in [0.25, 0.3) is 0 Å². The highest BCUT2D eigenvalue weighted by molar-refractivity contribution is 6.29. The first-order valence-electron chi connectivity index (χ1n) is 6.25. The van der Waals surface area contributed by atoms with Gasteiger partial charge in [0.05, 0.1) is 12.7 Å². The third-order valence-electron chi connectivity index (χ3n) is 3.51. The van der Waals surface area contributed by atoms with Gasteiger partial charge in [-0.1, -0.05) is 12.1 Å². The molecule has 0 aliphatic heterocycles. The molecule has 2 aromatic rings. The SMILES string of the molecule is COc1cccc2c1C(=O)c1ccc(C(N)=O)cc1C2=O. The topological polar surface area (TPSA) is 86.5 Å². The van der Waals surface area contributed by atoms with Crippen molar-refractivity contribution in [2.75, 3.05) is 7.11 Å². The molecule has 5 heteroatoms. The summed E-state index contributed by atoms with van der Waals surface area (Å²) in [4.78, 5) is 36.3. The fraction of sp³-hybridized carbons (Fsp3) is 0.0625. The Kier molecular flexibility index (Phi) is 2.83. The molecule has 2 aromatic carbocycles. The van der Waals surface area contributed by atoms with E-state index in [1.807, 2.05) is 0 Å². The van der Waals surface area contributed by atoms with Crippen LogP contribution < -0.4 is 10.5 Å². The fourth-order valence-corrected chi connectivity index (χ4v) is 2.49. The summed E-state index contributed by atoms with van der Waals surface area (Å²) >= 11 is 0. The molecule has 0 fully saturated rings. The van der Waals surface area contributed by atoms with Gasteiger partial charge in [0.15, 0.2) is 11.6 Å². The molecular weight excluding hydrogens is 270 g/mol. The standard InChI is InChI=1S/C16H11NO4/c1-21-12-4-2-3-10-13(12)15(19)9-6-5-8(16(17)20)7-11(9)14(10)18/h2-7H,1H3,(H2,17,20). The van der Waals surface area contributed by atoms with Gasteiger partial charge in [0.2, 0.25) is 5.91 Å². The normalized spacial score (nSPS) is 12.6. The summed E-state index contributed by atoms with van der Waals surface area (Å²) in [7, 11) is 1.44. The second-order valence-corrected chi connectivity index (χ2v) is 4.67. The van der Waals surface area contributed by atoms with Gasteiger partial charge in [-0.05, 0) is 24.3 Å². The van der Waals surface area contributed by atoms with E-state index in [9.17, 15) is 14.4 Å². The van der Waals surface area contributed by atoms with E-state index < -0.39 is 5.91 Å². The number of methoxy groups -OCH3 is 1. The number of ketones is 2. The summed E-state index contributed by atoms with van der Waals surface area (Å²) in [6.07, 6.45) is 0. The van der Waals surface area contributed by atoms with Crippen molar-refractivity contribution >= 4 is 17.5 Å². The molecular formula is C16H11NO4. The molecule has 5 nitrogen and oxygen atoms in total. The summed E-state index contributed by atoms with van der Waals surface area (Å²) in [6.45, 7) is 0. The van der Waals surface area contributed by atoms with Crippen molar-refractivity contribution in [2.45, 2.75) is 0 Å². The molecule has 0 unspecified atom stereocenters. The Labute approximate surface area is 120 Å². The summed E-state index contributed by atoms with van der Waals surface area (Å²) in [5.41, 5.74) is 6.38. The molecule has 0 heterocycles. The number of fused-ring (bicyclic) bond motifs is 2. The predicted octanol–water partition coefficient (Wildman–Crippen LogP) is 1.57. The Morgan fingerprint density at radius 1 is 1.00 bits per heavy atom. The lowest BCUT2D eigenvalue weighted by Crippen LogP contribution is -2.23. The lowest BCUT2D eigenvalue weighted by molar-refractivity contribution is 0.0974. The van der Waals surface area contributed by atoms with Gasteiger partial charge in [0.1, 0.15) is 5.75 Å². The van der Waals surface area contributed by atoms with Gasteiger partial charge in [-0.3, -0.25) is 14.4 Å². The van der Waals surface area contributed by atoms with Gasteiger partial charge in [-0.15, -0.1) is 0 Å². The third kappa shape index (κ3) is 1.82. The highest BCUT2D eigenvalue weighted by atomic mass is 16.5. The average molecular weight is 281 g/mol. The molecule has 0 radical (unpaired) electrons. The number of primary amides is 1. The minimum Gasteiger partial charge on any atom is -0.496 e. The van der Waals surface area contributed by atoms with Crippen molar-refractivity contribution in [3.05, 3.63) is 64.2 Å². The van der Waals surface area contributed by atoms with Crippen molar-refractivity contribution in [1.82, 2.24) is 0 Å².